The fourth-order valence-corrected chi connectivity index (χ4v) is 2.90. The van der Waals surface area contributed by atoms with Crippen LogP contribution in [0.5, 0.6) is 0 Å². The second kappa shape index (κ2) is 7.79. The fourth-order valence-electron chi connectivity index (χ4n) is 2.19. The van der Waals surface area contributed by atoms with Crippen molar-refractivity contribution in [3.8, 4) is 0 Å². The van der Waals surface area contributed by atoms with E-state index in [9.17, 15) is 18.0 Å². The number of benzene rings is 1. The van der Waals surface area contributed by atoms with E-state index in [-0.39, 0.29) is 16.7 Å². The topological polar surface area (TPSA) is 42.9 Å². The zero-order valence-electron chi connectivity index (χ0n) is 13.4. The van der Waals surface area contributed by atoms with E-state index in [0.717, 1.165) is 48.0 Å². The van der Waals surface area contributed by atoms with Crippen LogP contribution in [0, 0.1) is 0 Å². The lowest BCUT2D eigenvalue weighted by atomic mass is 9.98. The molecule has 0 amide bonds. The van der Waals surface area contributed by atoms with Crippen LogP contribution in [-0.2, 0) is 19.0 Å². The summed E-state index contributed by atoms with van der Waals surface area (Å²) in [5.41, 5.74) is 1.60. The highest BCUT2D eigenvalue weighted by atomic mass is 32.2. The number of carbonyl (C=O) groups excluding carboxylic acids is 1. The van der Waals surface area contributed by atoms with E-state index < -0.39 is 11.9 Å². The molecule has 0 aliphatic rings. The molecule has 0 unspecified atom stereocenters. The molecule has 0 atom stereocenters. The lowest BCUT2D eigenvalue weighted by Crippen LogP contribution is -2.10. The quantitative estimate of drug-likeness (QED) is 0.432. The molecule has 2 rings (SSSR count). The Labute approximate surface area is 142 Å². The Bertz CT molecular complexity index is 732. The summed E-state index contributed by atoms with van der Waals surface area (Å²) in [7, 11) is 0. The second-order valence-electron chi connectivity index (χ2n) is 5.13. The van der Waals surface area contributed by atoms with Crippen molar-refractivity contribution in [2.24, 2.45) is 0 Å². The number of Topliss-reactive ketones (excluding diaryl/α,β-unsaturated/α-hetero) is 1. The molecule has 24 heavy (non-hydrogen) atoms. The lowest BCUT2D eigenvalue weighted by Gasteiger charge is -2.09. The molecule has 0 aliphatic heterocycles. The first-order valence-corrected chi connectivity index (χ1v) is 8.51. The normalized spacial score (nSPS) is 11.5. The molecule has 7 heteroatoms. The Morgan fingerprint density at radius 3 is 2.54 bits per heavy atom. The average molecular weight is 354 g/mol. The van der Waals surface area contributed by atoms with Crippen LogP contribution in [0.4, 0.5) is 13.2 Å². The number of alkyl halides is 3. The summed E-state index contributed by atoms with van der Waals surface area (Å²) < 4.78 is 37.9. The molecule has 1 aromatic heterocycles. The summed E-state index contributed by atoms with van der Waals surface area (Å²) in [6, 6.07) is 6.58. The van der Waals surface area contributed by atoms with Gasteiger partial charge in [0.05, 0.1) is 5.75 Å². The standard InChI is InChI=1S/C17H17F3N2OS/c1-3-11-5-6-12(4-2)13(9-11)14(23)10-24-16-21-8-7-15(22-16)17(18,19)20/h5-9H,3-4,10H2,1-2H3. The first-order chi connectivity index (χ1) is 11.3. The summed E-state index contributed by atoms with van der Waals surface area (Å²) >= 11 is 0.915. The van der Waals surface area contributed by atoms with Crippen molar-refractivity contribution < 1.29 is 18.0 Å². The first kappa shape index (κ1) is 18.4. The minimum Gasteiger partial charge on any atom is -0.293 e. The first-order valence-electron chi connectivity index (χ1n) is 7.53. The monoisotopic (exact) mass is 354 g/mol. The Balaban J connectivity index is 2.14. The number of carbonyl (C=O) groups is 1. The molecule has 1 aromatic carbocycles. The molecule has 0 aliphatic carbocycles. The summed E-state index contributed by atoms with van der Waals surface area (Å²) in [6.45, 7) is 3.96. The summed E-state index contributed by atoms with van der Waals surface area (Å²) in [5.74, 6) is -0.130. The van der Waals surface area contributed by atoms with Crippen molar-refractivity contribution in [2.75, 3.05) is 5.75 Å². The summed E-state index contributed by atoms with van der Waals surface area (Å²) in [4.78, 5) is 19.7. The third-order valence-corrected chi connectivity index (χ3v) is 4.38. The van der Waals surface area contributed by atoms with Gasteiger partial charge >= 0.3 is 6.18 Å². The molecule has 1 heterocycles. The van der Waals surface area contributed by atoms with Crippen LogP contribution in [0.15, 0.2) is 35.6 Å². The maximum atomic E-state index is 12.6. The third-order valence-electron chi connectivity index (χ3n) is 3.52. The molecule has 2 aromatic rings. The molecule has 0 bridgehead atoms. The lowest BCUT2D eigenvalue weighted by molar-refractivity contribution is -0.141. The minimum absolute atomic E-state index is 0.00147. The molecule has 0 saturated heterocycles. The van der Waals surface area contributed by atoms with Gasteiger partial charge in [-0.15, -0.1) is 0 Å². The van der Waals surface area contributed by atoms with Gasteiger partial charge in [0.25, 0.3) is 0 Å². The van der Waals surface area contributed by atoms with Gasteiger partial charge in [-0.3, -0.25) is 4.79 Å². The average Bonchev–Trinajstić information content (AvgIpc) is 2.58. The highest BCUT2D eigenvalue weighted by Crippen LogP contribution is 2.28. The van der Waals surface area contributed by atoms with Crippen LogP contribution in [0.3, 0.4) is 0 Å². The maximum Gasteiger partial charge on any atom is 0.433 e. The van der Waals surface area contributed by atoms with Crippen LogP contribution in [-0.4, -0.2) is 21.5 Å². The van der Waals surface area contributed by atoms with Crippen molar-refractivity contribution in [1.29, 1.82) is 0 Å². The van der Waals surface area contributed by atoms with Crippen LogP contribution >= 0.6 is 11.8 Å². The van der Waals surface area contributed by atoms with E-state index in [2.05, 4.69) is 9.97 Å². The Kier molecular flexibility index (Phi) is 5.99. The SMILES string of the molecule is CCc1ccc(CC)c(C(=O)CSc2nccc(C(F)(F)F)n2)c1. The van der Waals surface area contributed by atoms with Crippen LogP contribution in [0.25, 0.3) is 0 Å². The van der Waals surface area contributed by atoms with Gasteiger partial charge in [-0.2, -0.15) is 13.2 Å². The fraction of sp³-hybridized carbons (Fsp3) is 0.353. The second-order valence-corrected chi connectivity index (χ2v) is 6.08. The number of rotatable bonds is 6. The molecular formula is C17H17F3N2OS. The van der Waals surface area contributed by atoms with Crippen molar-refractivity contribution in [1.82, 2.24) is 9.97 Å². The molecule has 0 radical (unpaired) electrons. The Hall–Kier alpha value is -1.89. The predicted molar refractivity (Wildman–Crippen MR) is 87.3 cm³/mol. The zero-order chi connectivity index (χ0) is 17.7. The minimum atomic E-state index is -4.52. The van der Waals surface area contributed by atoms with Gasteiger partial charge in [-0.25, -0.2) is 9.97 Å². The van der Waals surface area contributed by atoms with E-state index in [1.807, 2.05) is 32.0 Å². The van der Waals surface area contributed by atoms with Gasteiger partial charge < -0.3 is 0 Å². The number of hydrogen-bond acceptors (Lipinski definition) is 4. The van der Waals surface area contributed by atoms with Gasteiger partial charge in [0.15, 0.2) is 10.9 Å². The van der Waals surface area contributed by atoms with Crippen molar-refractivity contribution in [3.05, 3.63) is 52.8 Å². The number of thioether (sulfide) groups is 1. The molecule has 3 nitrogen and oxygen atoms in total. The van der Waals surface area contributed by atoms with Crippen molar-refractivity contribution in [2.45, 2.75) is 38.0 Å². The number of halogens is 3. The van der Waals surface area contributed by atoms with Gasteiger partial charge in [-0.05, 0) is 36.1 Å². The van der Waals surface area contributed by atoms with Crippen LogP contribution in [0.1, 0.15) is 41.0 Å². The molecule has 128 valence electrons. The highest BCUT2D eigenvalue weighted by molar-refractivity contribution is 7.99. The van der Waals surface area contributed by atoms with Crippen LogP contribution < -0.4 is 0 Å². The smallest absolute Gasteiger partial charge is 0.293 e. The van der Waals surface area contributed by atoms with Gasteiger partial charge in [-0.1, -0.05) is 37.7 Å². The molecular weight excluding hydrogens is 337 g/mol. The number of hydrogen-bond donors (Lipinski definition) is 0. The van der Waals surface area contributed by atoms with Gasteiger partial charge in [0.2, 0.25) is 0 Å². The maximum absolute atomic E-state index is 12.6. The largest absolute Gasteiger partial charge is 0.433 e. The molecule has 0 saturated carbocycles. The zero-order valence-corrected chi connectivity index (χ0v) is 14.2. The highest BCUT2D eigenvalue weighted by Gasteiger charge is 2.32. The van der Waals surface area contributed by atoms with Gasteiger partial charge in [0, 0.05) is 11.8 Å². The van der Waals surface area contributed by atoms with E-state index in [4.69, 9.17) is 0 Å². The van der Waals surface area contributed by atoms with Crippen molar-refractivity contribution in [3.63, 3.8) is 0 Å². The molecule has 0 spiro atoms. The predicted octanol–water partition coefficient (Wildman–Crippen LogP) is 4.60. The molecule has 0 N–H and O–H groups in total. The number of aromatic nitrogens is 2. The van der Waals surface area contributed by atoms with E-state index in [1.165, 1.54) is 0 Å². The number of aryl methyl sites for hydroxylation is 2. The summed E-state index contributed by atoms with van der Waals surface area (Å²) in [6.07, 6.45) is -1.94. The Morgan fingerprint density at radius 2 is 1.92 bits per heavy atom. The number of nitrogens with zero attached hydrogens (tertiary/aromatic N) is 2. The Morgan fingerprint density at radius 1 is 1.17 bits per heavy atom. The molecule has 0 fully saturated rings. The van der Waals surface area contributed by atoms with Gasteiger partial charge in [0.1, 0.15) is 5.69 Å². The van der Waals surface area contributed by atoms with Crippen molar-refractivity contribution >= 4 is 17.5 Å². The van der Waals surface area contributed by atoms with E-state index in [0.29, 0.717) is 5.56 Å². The number of ketones is 1. The van der Waals surface area contributed by atoms with E-state index in [1.54, 1.807) is 0 Å². The van der Waals surface area contributed by atoms with E-state index >= 15 is 0 Å². The third kappa shape index (κ3) is 4.56. The summed E-state index contributed by atoms with van der Waals surface area (Å²) in [5, 5.41) is -0.0529. The van der Waals surface area contributed by atoms with Crippen LogP contribution in [0.2, 0.25) is 0 Å².